The highest BCUT2D eigenvalue weighted by Crippen LogP contribution is 2.41. The molecule has 0 bridgehead atoms. The predicted octanol–water partition coefficient (Wildman–Crippen LogP) is 4.43. The van der Waals surface area contributed by atoms with Gasteiger partial charge in [-0.05, 0) is 13.3 Å². The number of nitrogens with zero attached hydrogens (tertiary/aromatic N) is 1. The van der Waals surface area contributed by atoms with Crippen LogP contribution in [0, 0.1) is 5.92 Å². The fourth-order valence-corrected chi connectivity index (χ4v) is 3.94. The van der Waals surface area contributed by atoms with E-state index in [4.69, 9.17) is 93.3 Å². The summed E-state index contributed by atoms with van der Waals surface area (Å²) in [4.78, 5) is 37.8. The molecule has 0 aromatic carbocycles. The van der Waals surface area contributed by atoms with E-state index in [2.05, 4.69) is 0 Å². The second-order valence-corrected chi connectivity index (χ2v) is 12.0. The number of alkyl halides is 6. The van der Waals surface area contributed by atoms with Crippen LogP contribution < -0.4 is 0 Å². The SMILES string of the molecule is CCOC(=O)C[C@H]1O[C@@H](COC(=O)OCC(Cl)(Cl)Cl)[C@@H]2CCN(C(=O)OCC(Cl)(Cl)Cl)[C@@H]21. The fourth-order valence-electron chi connectivity index (χ4n) is 3.62. The third-order valence-corrected chi connectivity index (χ3v) is 5.35. The van der Waals surface area contributed by atoms with Gasteiger partial charge in [-0.15, -0.1) is 0 Å². The number of likely N-dealkylation sites (tertiary alicyclic amines) is 1. The molecule has 9 nitrogen and oxygen atoms in total. The first-order chi connectivity index (χ1) is 14.8. The van der Waals surface area contributed by atoms with E-state index in [1.807, 2.05) is 0 Å². The molecule has 0 radical (unpaired) electrons. The smallest absolute Gasteiger partial charge is 0.466 e. The van der Waals surface area contributed by atoms with Gasteiger partial charge >= 0.3 is 18.2 Å². The molecule has 0 aromatic heterocycles. The number of hydrogen-bond acceptors (Lipinski definition) is 8. The largest absolute Gasteiger partial charge is 0.508 e. The van der Waals surface area contributed by atoms with Gasteiger partial charge in [-0.3, -0.25) is 4.79 Å². The molecule has 184 valence electrons. The highest BCUT2D eigenvalue weighted by molar-refractivity contribution is 6.68. The van der Waals surface area contributed by atoms with Gasteiger partial charge in [0.15, 0.2) is 0 Å². The minimum absolute atomic E-state index is 0.114. The van der Waals surface area contributed by atoms with Crippen LogP contribution in [0.5, 0.6) is 0 Å². The molecule has 0 unspecified atom stereocenters. The third-order valence-electron chi connectivity index (χ3n) is 4.70. The molecule has 2 saturated heterocycles. The standard InChI is InChI=1S/C17H21Cl6NO8/c1-2-28-12(25)5-10-13-9(3-4-24(13)14(26)30-7-16(18,19)20)11(32-10)6-29-15(27)31-8-17(21,22)23/h9-11,13H,2-8H2,1H3/t9-,10+,11-,13-/m0/s1. The van der Waals surface area contributed by atoms with Crippen LogP contribution in [0.25, 0.3) is 0 Å². The summed E-state index contributed by atoms with van der Waals surface area (Å²) >= 11 is 33.5. The number of rotatable bonds is 7. The number of amides is 1. The first kappa shape index (κ1) is 28.0. The van der Waals surface area contributed by atoms with Crippen molar-refractivity contribution in [2.24, 2.45) is 5.92 Å². The van der Waals surface area contributed by atoms with Crippen LogP contribution >= 0.6 is 69.6 Å². The van der Waals surface area contributed by atoms with Crippen molar-refractivity contribution in [3.63, 3.8) is 0 Å². The van der Waals surface area contributed by atoms with Crippen LogP contribution in [0.2, 0.25) is 0 Å². The highest BCUT2D eigenvalue weighted by Gasteiger charge is 2.53. The lowest BCUT2D eigenvalue weighted by atomic mass is 9.93. The van der Waals surface area contributed by atoms with Gasteiger partial charge in [-0.25, -0.2) is 9.59 Å². The van der Waals surface area contributed by atoms with Gasteiger partial charge in [0.05, 0.1) is 31.3 Å². The zero-order chi connectivity index (χ0) is 24.1. The van der Waals surface area contributed by atoms with E-state index < -0.39 is 57.3 Å². The monoisotopic (exact) mass is 577 g/mol. The topological polar surface area (TPSA) is 101 Å². The van der Waals surface area contributed by atoms with Crippen molar-refractivity contribution in [3.8, 4) is 0 Å². The van der Waals surface area contributed by atoms with Gasteiger partial charge in [-0.1, -0.05) is 69.6 Å². The lowest BCUT2D eigenvalue weighted by molar-refractivity contribution is -0.147. The normalized spacial score (nSPS) is 25.3. The molecule has 4 atom stereocenters. The van der Waals surface area contributed by atoms with E-state index in [0.29, 0.717) is 13.0 Å². The molecule has 0 saturated carbocycles. The Morgan fingerprint density at radius 2 is 1.56 bits per heavy atom. The maximum atomic E-state index is 12.6. The Morgan fingerprint density at radius 1 is 0.938 bits per heavy atom. The zero-order valence-electron chi connectivity index (χ0n) is 16.7. The van der Waals surface area contributed by atoms with Gasteiger partial charge in [0.1, 0.15) is 19.8 Å². The fraction of sp³-hybridized carbons (Fsp3) is 0.824. The van der Waals surface area contributed by atoms with Gasteiger partial charge in [0, 0.05) is 12.5 Å². The molecule has 2 aliphatic heterocycles. The minimum atomic E-state index is -1.78. The quantitative estimate of drug-likeness (QED) is 0.248. The Bertz CT molecular complexity index is 685. The second kappa shape index (κ2) is 11.9. The van der Waals surface area contributed by atoms with Gasteiger partial charge in [0.2, 0.25) is 7.59 Å². The number of hydrogen-bond donors (Lipinski definition) is 0. The van der Waals surface area contributed by atoms with E-state index in [9.17, 15) is 14.4 Å². The molecular weight excluding hydrogens is 559 g/mol. The van der Waals surface area contributed by atoms with Crippen molar-refractivity contribution in [1.82, 2.24) is 4.90 Å². The number of ether oxygens (including phenoxy) is 5. The van der Waals surface area contributed by atoms with Gasteiger partial charge in [0.25, 0.3) is 0 Å². The molecule has 2 heterocycles. The summed E-state index contributed by atoms with van der Waals surface area (Å²) in [5.74, 6) is -0.753. The van der Waals surface area contributed by atoms with Gasteiger partial charge < -0.3 is 28.6 Å². The Hall–Kier alpha value is -0.290. The Balaban J connectivity index is 2.03. The maximum Gasteiger partial charge on any atom is 0.508 e. The molecular formula is C17H21Cl6NO8. The van der Waals surface area contributed by atoms with Crippen LogP contribution in [0.15, 0.2) is 0 Å². The van der Waals surface area contributed by atoms with Crippen molar-refractivity contribution in [2.75, 3.05) is 33.0 Å². The first-order valence-electron chi connectivity index (χ1n) is 9.48. The molecule has 0 aromatic rings. The number of halogens is 6. The van der Waals surface area contributed by atoms with Crippen LogP contribution in [-0.2, 0) is 28.5 Å². The molecule has 32 heavy (non-hydrogen) atoms. The lowest BCUT2D eigenvalue weighted by Crippen LogP contribution is -2.44. The van der Waals surface area contributed by atoms with Crippen LogP contribution in [-0.4, -0.2) is 81.9 Å². The predicted molar refractivity (Wildman–Crippen MR) is 118 cm³/mol. The lowest BCUT2D eigenvalue weighted by Gasteiger charge is -2.27. The van der Waals surface area contributed by atoms with E-state index in [1.54, 1.807) is 6.92 Å². The Morgan fingerprint density at radius 3 is 2.16 bits per heavy atom. The molecule has 15 heteroatoms. The summed E-state index contributed by atoms with van der Waals surface area (Å²) in [6.45, 7) is 1.03. The number of esters is 1. The first-order valence-corrected chi connectivity index (χ1v) is 11.7. The number of carbonyl (C=O) groups excluding carboxylic acids is 3. The average molecular weight is 580 g/mol. The van der Waals surface area contributed by atoms with Crippen molar-refractivity contribution < 1.29 is 38.1 Å². The van der Waals surface area contributed by atoms with Crippen LogP contribution in [0.1, 0.15) is 19.8 Å². The maximum absolute atomic E-state index is 12.6. The molecule has 2 fully saturated rings. The third kappa shape index (κ3) is 8.81. The highest BCUT2D eigenvalue weighted by atomic mass is 35.6. The zero-order valence-corrected chi connectivity index (χ0v) is 21.3. The van der Waals surface area contributed by atoms with Crippen molar-refractivity contribution >= 4 is 87.8 Å². The van der Waals surface area contributed by atoms with Crippen LogP contribution in [0.3, 0.4) is 0 Å². The summed E-state index contributed by atoms with van der Waals surface area (Å²) in [5.41, 5.74) is 0. The molecule has 1 amide bonds. The molecule has 0 spiro atoms. The molecule has 2 rings (SSSR count). The summed E-state index contributed by atoms with van der Waals surface area (Å²) in [6, 6.07) is -0.534. The summed E-state index contributed by atoms with van der Waals surface area (Å²) in [6.07, 6.45) is -2.72. The van der Waals surface area contributed by atoms with E-state index >= 15 is 0 Å². The molecule has 0 aliphatic carbocycles. The van der Waals surface area contributed by atoms with Gasteiger partial charge in [-0.2, -0.15) is 0 Å². The van der Waals surface area contributed by atoms with Crippen molar-refractivity contribution in [3.05, 3.63) is 0 Å². The Labute approximate surface area is 214 Å². The number of carbonyl (C=O) groups is 3. The summed E-state index contributed by atoms with van der Waals surface area (Å²) in [5, 5.41) is 0. The van der Waals surface area contributed by atoms with Crippen molar-refractivity contribution in [1.29, 1.82) is 0 Å². The minimum Gasteiger partial charge on any atom is -0.466 e. The summed E-state index contributed by atoms with van der Waals surface area (Å²) in [7, 11) is 0. The average Bonchev–Trinajstić information content (AvgIpc) is 3.23. The van der Waals surface area contributed by atoms with E-state index in [1.165, 1.54) is 4.90 Å². The Kier molecular flexibility index (Phi) is 10.4. The van der Waals surface area contributed by atoms with Crippen LogP contribution in [0.4, 0.5) is 9.59 Å². The molecule has 0 N–H and O–H groups in total. The summed E-state index contributed by atoms with van der Waals surface area (Å²) < 4.78 is 22.2. The molecule has 2 aliphatic rings. The number of fused-ring (bicyclic) bond motifs is 1. The second-order valence-electron chi connectivity index (χ2n) is 6.99. The van der Waals surface area contributed by atoms with E-state index in [-0.39, 0.29) is 25.6 Å². The van der Waals surface area contributed by atoms with E-state index in [0.717, 1.165) is 0 Å². The van der Waals surface area contributed by atoms with Crippen molar-refractivity contribution in [2.45, 2.75) is 45.6 Å².